The molecule has 5 heteroatoms. The van der Waals surface area contributed by atoms with Crippen LogP contribution in [-0.2, 0) is 17.8 Å². The van der Waals surface area contributed by atoms with Gasteiger partial charge in [-0.15, -0.1) is 0 Å². The number of carboxylic acids is 1. The number of halogens is 1. The Bertz CT molecular complexity index is 957. The molecule has 2 aromatic rings. The van der Waals surface area contributed by atoms with Crippen molar-refractivity contribution in [2.45, 2.75) is 51.0 Å². The van der Waals surface area contributed by atoms with Gasteiger partial charge < -0.3 is 9.84 Å². The second-order valence-corrected chi connectivity index (χ2v) is 8.38. The summed E-state index contributed by atoms with van der Waals surface area (Å²) in [5.74, 6) is 0.441. The zero-order chi connectivity index (χ0) is 18.9. The molecule has 1 aromatic heterocycles. The fourth-order valence-electron chi connectivity index (χ4n) is 5.24. The van der Waals surface area contributed by atoms with E-state index in [1.54, 1.807) is 12.3 Å². The Hall–Kier alpha value is -2.43. The average Bonchev–Trinajstić information content (AvgIpc) is 3.12. The largest absolute Gasteiger partial charge is 0.481 e. The van der Waals surface area contributed by atoms with Crippen molar-refractivity contribution in [2.75, 3.05) is 0 Å². The summed E-state index contributed by atoms with van der Waals surface area (Å²) in [5.41, 5.74) is 5.05. The van der Waals surface area contributed by atoms with Crippen LogP contribution in [0.25, 0.3) is 0 Å². The van der Waals surface area contributed by atoms with Gasteiger partial charge in [-0.2, -0.15) is 0 Å². The van der Waals surface area contributed by atoms with Crippen LogP contribution in [0, 0.1) is 17.7 Å². The molecule has 0 spiro atoms. The third kappa shape index (κ3) is 2.55. The maximum absolute atomic E-state index is 14.5. The van der Waals surface area contributed by atoms with Crippen molar-refractivity contribution in [3.8, 4) is 5.88 Å². The van der Waals surface area contributed by atoms with Gasteiger partial charge in [-0.25, -0.2) is 9.37 Å². The highest BCUT2D eigenvalue weighted by atomic mass is 19.1. The van der Waals surface area contributed by atoms with E-state index in [4.69, 9.17) is 4.74 Å². The molecule has 140 valence electrons. The molecule has 0 radical (unpaired) electrons. The van der Waals surface area contributed by atoms with E-state index in [1.165, 1.54) is 5.56 Å². The van der Waals surface area contributed by atoms with Gasteiger partial charge in [0.1, 0.15) is 12.4 Å². The summed E-state index contributed by atoms with van der Waals surface area (Å²) in [6.45, 7) is 4.48. The van der Waals surface area contributed by atoms with Crippen molar-refractivity contribution >= 4 is 5.97 Å². The van der Waals surface area contributed by atoms with Crippen LogP contribution < -0.4 is 4.74 Å². The average molecular weight is 367 g/mol. The third-order valence-corrected chi connectivity index (χ3v) is 6.66. The number of carboxylic acid groups (broad SMARTS) is 1. The fraction of sp³-hybridized carbons (Fsp3) is 0.455. The summed E-state index contributed by atoms with van der Waals surface area (Å²) in [4.78, 5) is 15.5. The van der Waals surface area contributed by atoms with Crippen LogP contribution in [-0.4, -0.2) is 16.1 Å². The molecule has 3 aliphatic rings. The van der Waals surface area contributed by atoms with Crippen molar-refractivity contribution in [1.82, 2.24) is 4.98 Å². The van der Waals surface area contributed by atoms with Crippen LogP contribution in [0.15, 0.2) is 24.4 Å². The van der Waals surface area contributed by atoms with Crippen LogP contribution >= 0.6 is 0 Å². The molecule has 0 amide bonds. The fourth-order valence-corrected chi connectivity index (χ4v) is 5.24. The zero-order valence-corrected chi connectivity index (χ0v) is 15.4. The predicted octanol–water partition coefficient (Wildman–Crippen LogP) is 4.38. The van der Waals surface area contributed by atoms with Gasteiger partial charge in [0.25, 0.3) is 0 Å². The first-order valence-corrected chi connectivity index (χ1v) is 9.60. The maximum Gasteiger partial charge on any atom is 0.307 e. The van der Waals surface area contributed by atoms with Gasteiger partial charge in [-0.05, 0) is 65.0 Å². The molecule has 4 nitrogen and oxygen atoms in total. The first-order chi connectivity index (χ1) is 12.9. The highest BCUT2D eigenvalue weighted by Gasteiger charge is 2.59. The SMILES string of the molecule is CC1CC(C)c2cc(COc3cc4c(cn3)[C@H]3[C@@H](C4)[C@@H]3C(=O)O)c(F)cc21. The third-order valence-electron chi connectivity index (χ3n) is 6.66. The molecule has 5 rings (SSSR count). The Morgan fingerprint density at radius 1 is 1.22 bits per heavy atom. The first-order valence-electron chi connectivity index (χ1n) is 9.60. The molecule has 27 heavy (non-hydrogen) atoms. The number of nitrogens with zero attached hydrogens (tertiary/aromatic N) is 1. The lowest BCUT2D eigenvalue weighted by Crippen LogP contribution is -2.06. The van der Waals surface area contributed by atoms with Crippen molar-refractivity contribution < 1.29 is 19.0 Å². The van der Waals surface area contributed by atoms with E-state index in [0.29, 0.717) is 23.3 Å². The number of benzene rings is 1. The Morgan fingerprint density at radius 3 is 2.70 bits per heavy atom. The van der Waals surface area contributed by atoms with E-state index in [-0.39, 0.29) is 30.2 Å². The highest BCUT2D eigenvalue weighted by Crippen LogP contribution is 2.61. The van der Waals surface area contributed by atoms with Gasteiger partial charge in [0.05, 0.1) is 5.92 Å². The highest BCUT2D eigenvalue weighted by molar-refractivity contribution is 5.77. The number of ether oxygens (including phenoxy) is 1. The summed E-state index contributed by atoms with van der Waals surface area (Å²) in [6.07, 6.45) is 3.56. The minimum absolute atomic E-state index is 0.108. The van der Waals surface area contributed by atoms with Gasteiger partial charge in [0.2, 0.25) is 5.88 Å². The Kier molecular flexibility index (Phi) is 3.58. The minimum atomic E-state index is -0.716. The number of aromatic nitrogens is 1. The molecule has 0 saturated heterocycles. The number of hydrogen-bond acceptors (Lipinski definition) is 3. The molecule has 1 saturated carbocycles. The monoisotopic (exact) mass is 367 g/mol. The lowest BCUT2D eigenvalue weighted by Gasteiger charge is -2.12. The van der Waals surface area contributed by atoms with E-state index >= 15 is 0 Å². The second-order valence-electron chi connectivity index (χ2n) is 8.38. The Balaban J connectivity index is 1.32. The topological polar surface area (TPSA) is 59.4 Å². The molecule has 1 fully saturated rings. The van der Waals surface area contributed by atoms with E-state index in [1.807, 2.05) is 12.1 Å². The second kappa shape index (κ2) is 5.78. The van der Waals surface area contributed by atoms with Gasteiger partial charge in [-0.1, -0.05) is 13.8 Å². The van der Waals surface area contributed by atoms with Crippen LogP contribution in [0.5, 0.6) is 5.88 Å². The van der Waals surface area contributed by atoms with Crippen molar-refractivity contribution in [3.05, 3.63) is 58.0 Å². The summed E-state index contributed by atoms with van der Waals surface area (Å²) in [7, 11) is 0. The number of hydrogen-bond donors (Lipinski definition) is 1. The zero-order valence-electron chi connectivity index (χ0n) is 15.4. The minimum Gasteiger partial charge on any atom is -0.481 e. The Labute approximate surface area is 157 Å². The molecule has 1 aromatic carbocycles. The molecular formula is C22H22FNO3. The van der Waals surface area contributed by atoms with Crippen molar-refractivity contribution in [3.63, 3.8) is 0 Å². The molecule has 1 heterocycles. The number of aliphatic carboxylic acids is 1. The number of rotatable bonds is 4. The molecule has 0 bridgehead atoms. The quantitative estimate of drug-likeness (QED) is 0.871. The van der Waals surface area contributed by atoms with E-state index < -0.39 is 5.97 Å². The van der Waals surface area contributed by atoms with E-state index in [9.17, 15) is 14.3 Å². The standard InChI is InChI=1S/C22H22FNO3/c1-10-3-11(2)15-7-18(23)13(5-14(10)15)9-27-19-6-12-4-16-20(17(12)8-24-19)21(16)22(25)26/h5-8,10-11,16,20-21H,3-4,9H2,1-2H3,(H,25,26)/t10?,11?,16-,20-,21+/m1/s1. The molecule has 1 N–H and O–H groups in total. The number of carbonyl (C=O) groups is 1. The molecule has 5 atom stereocenters. The normalized spacial score (nSPS) is 29.8. The summed E-state index contributed by atoms with van der Waals surface area (Å²) in [5, 5.41) is 9.20. The Morgan fingerprint density at radius 2 is 1.96 bits per heavy atom. The van der Waals surface area contributed by atoms with Crippen molar-refractivity contribution in [1.29, 1.82) is 0 Å². The first kappa shape index (κ1) is 16.7. The summed E-state index contributed by atoms with van der Waals surface area (Å²) in [6, 6.07) is 5.49. The van der Waals surface area contributed by atoms with Gasteiger partial charge >= 0.3 is 5.97 Å². The van der Waals surface area contributed by atoms with Crippen LogP contribution in [0.2, 0.25) is 0 Å². The molecule has 3 aliphatic carbocycles. The smallest absolute Gasteiger partial charge is 0.307 e. The number of fused-ring (bicyclic) bond motifs is 4. The lowest BCUT2D eigenvalue weighted by atomic mass is 10.00. The van der Waals surface area contributed by atoms with E-state index in [2.05, 4.69) is 18.8 Å². The van der Waals surface area contributed by atoms with Crippen molar-refractivity contribution in [2.24, 2.45) is 11.8 Å². The predicted molar refractivity (Wildman–Crippen MR) is 97.5 cm³/mol. The summed E-state index contributed by atoms with van der Waals surface area (Å²) < 4.78 is 20.3. The molecule has 2 unspecified atom stereocenters. The van der Waals surface area contributed by atoms with Crippen LogP contribution in [0.3, 0.4) is 0 Å². The molecular weight excluding hydrogens is 345 g/mol. The summed E-state index contributed by atoms with van der Waals surface area (Å²) >= 11 is 0. The maximum atomic E-state index is 14.5. The van der Waals surface area contributed by atoms with E-state index in [0.717, 1.165) is 29.5 Å². The van der Waals surface area contributed by atoms with Gasteiger partial charge in [-0.3, -0.25) is 4.79 Å². The van der Waals surface area contributed by atoms with Crippen LogP contribution in [0.4, 0.5) is 4.39 Å². The lowest BCUT2D eigenvalue weighted by molar-refractivity contribution is -0.139. The number of pyridine rings is 1. The van der Waals surface area contributed by atoms with Gasteiger partial charge in [0.15, 0.2) is 0 Å². The van der Waals surface area contributed by atoms with Gasteiger partial charge in [0, 0.05) is 23.7 Å². The molecule has 0 aliphatic heterocycles. The van der Waals surface area contributed by atoms with Crippen LogP contribution in [0.1, 0.15) is 65.8 Å².